The Morgan fingerprint density at radius 1 is 1.30 bits per heavy atom. The highest BCUT2D eigenvalue weighted by Gasteiger charge is 2.15. The maximum absolute atomic E-state index is 13.2. The molecule has 0 saturated heterocycles. The molecule has 7 heteroatoms. The Bertz CT molecular complexity index is 705. The number of hydrogen-bond acceptors (Lipinski definition) is 2. The zero-order valence-corrected chi connectivity index (χ0v) is 14.6. The summed E-state index contributed by atoms with van der Waals surface area (Å²) in [6.45, 7) is 5.23. The third kappa shape index (κ3) is 5.53. The summed E-state index contributed by atoms with van der Waals surface area (Å²) in [4.78, 5) is 14.3. The third-order valence-electron chi connectivity index (χ3n) is 3.10. The van der Waals surface area contributed by atoms with Gasteiger partial charge in [-0.05, 0) is 46.3 Å². The number of rotatable bonds is 7. The maximum Gasteiger partial charge on any atom is 0.279 e. The Morgan fingerprint density at radius 3 is 2.70 bits per heavy atom. The van der Waals surface area contributed by atoms with Crippen molar-refractivity contribution in [2.24, 2.45) is 0 Å². The molecule has 0 aliphatic rings. The highest BCUT2D eigenvalue weighted by atomic mass is 79.9. The first-order valence-corrected chi connectivity index (χ1v) is 8.52. The Hall–Kier alpha value is -1.57. The minimum atomic E-state index is -0.985. The average Bonchev–Trinajstić information content (AvgIpc) is 2.88. The number of benzene rings is 1. The van der Waals surface area contributed by atoms with E-state index in [2.05, 4.69) is 27.8 Å². The summed E-state index contributed by atoms with van der Waals surface area (Å²) in [6, 6.07) is 7.26. The van der Waals surface area contributed by atoms with Gasteiger partial charge < -0.3 is 10.2 Å². The van der Waals surface area contributed by atoms with Gasteiger partial charge in [0, 0.05) is 11.8 Å². The van der Waals surface area contributed by atoms with Crippen molar-refractivity contribution in [1.29, 1.82) is 0 Å². The van der Waals surface area contributed by atoms with Crippen LogP contribution in [0.15, 0.2) is 46.8 Å². The number of thiophene rings is 1. The van der Waals surface area contributed by atoms with Crippen LogP contribution < -0.4 is 10.2 Å². The van der Waals surface area contributed by atoms with E-state index in [1.54, 1.807) is 17.4 Å². The summed E-state index contributed by atoms with van der Waals surface area (Å²) in [6.07, 6.45) is 1.75. The van der Waals surface area contributed by atoms with Crippen LogP contribution in [0.3, 0.4) is 0 Å². The van der Waals surface area contributed by atoms with E-state index in [0.717, 1.165) is 25.7 Å². The van der Waals surface area contributed by atoms with Crippen molar-refractivity contribution in [3.05, 3.63) is 63.3 Å². The van der Waals surface area contributed by atoms with Gasteiger partial charge >= 0.3 is 0 Å². The fourth-order valence-corrected chi connectivity index (χ4v) is 3.67. The molecule has 1 aromatic carbocycles. The number of quaternary nitrogens is 1. The molecule has 2 N–H and O–H groups in total. The average molecular weight is 402 g/mol. The zero-order valence-electron chi connectivity index (χ0n) is 12.2. The minimum Gasteiger partial charge on any atom is -0.321 e. The van der Waals surface area contributed by atoms with Crippen LogP contribution >= 0.6 is 27.3 Å². The molecule has 1 atom stereocenters. The van der Waals surface area contributed by atoms with E-state index in [-0.39, 0.29) is 18.1 Å². The normalized spacial score (nSPS) is 12.0. The summed E-state index contributed by atoms with van der Waals surface area (Å²) >= 11 is 5.03. The van der Waals surface area contributed by atoms with Gasteiger partial charge in [-0.2, -0.15) is 0 Å². The summed E-state index contributed by atoms with van der Waals surface area (Å²) in [7, 11) is 0. The first-order valence-electron chi connectivity index (χ1n) is 6.91. The molecule has 1 aromatic heterocycles. The van der Waals surface area contributed by atoms with Gasteiger partial charge in [-0.25, -0.2) is 8.78 Å². The van der Waals surface area contributed by atoms with Crippen LogP contribution in [-0.2, 0) is 11.3 Å². The SMILES string of the molecule is C=CC[NH+](CC(=O)Nc1ccc(F)c(F)c1)Cc1ccc(Br)s1. The first kappa shape index (κ1) is 17.8. The van der Waals surface area contributed by atoms with Gasteiger partial charge in [0.15, 0.2) is 18.2 Å². The van der Waals surface area contributed by atoms with E-state index < -0.39 is 11.6 Å². The summed E-state index contributed by atoms with van der Waals surface area (Å²) < 4.78 is 27.1. The van der Waals surface area contributed by atoms with E-state index in [4.69, 9.17) is 0 Å². The van der Waals surface area contributed by atoms with E-state index in [1.165, 1.54) is 6.07 Å². The van der Waals surface area contributed by atoms with Gasteiger partial charge in [0.1, 0.15) is 6.54 Å². The van der Waals surface area contributed by atoms with Crippen LogP contribution in [-0.4, -0.2) is 19.0 Å². The van der Waals surface area contributed by atoms with Crippen LogP contribution in [0.25, 0.3) is 0 Å². The molecule has 0 aliphatic carbocycles. The molecule has 0 aliphatic heterocycles. The first-order chi connectivity index (χ1) is 11.0. The quantitative estimate of drug-likeness (QED) is 0.687. The van der Waals surface area contributed by atoms with Crippen LogP contribution in [0.2, 0.25) is 0 Å². The molecule has 0 saturated carbocycles. The minimum absolute atomic E-state index is 0.209. The second kappa shape index (κ2) is 8.33. The van der Waals surface area contributed by atoms with Gasteiger partial charge in [0.25, 0.3) is 5.91 Å². The van der Waals surface area contributed by atoms with E-state index in [1.807, 2.05) is 12.1 Å². The molecule has 2 aromatic rings. The van der Waals surface area contributed by atoms with E-state index in [9.17, 15) is 13.6 Å². The Balaban J connectivity index is 1.96. The fourth-order valence-electron chi connectivity index (χ4n) is 2.11. The van der Waals surface area contributed by atoms with Gasteiger partial charge in [0.2, 0.25) is 0 Å². The molecule has 0 spiro atoms. The number of carbonyl (C=O) groups excluding carboxylic acids is 1. The lowest BCUT2D eigenvalue weighted by atomic mass is 10.3. The summed E-state index contributed by atoms with van der Waals surface area (Å²) in [5.74, 6) is -2.19. The molecule has 1 unspecified atom stereocenters. The van der Waals surface area contributed by atoms with Crippen molar-refractivity contribution in [2.45, 2.75) is 6.54 Å². The molecule has 0 bridgehead atoms. The Kier molecular flexibility index (Phi) is 6.44. The van der Waals surface area contributed by atoms with Crippen molar-refractivity contribution < 1.29 is 18.5 Å². The molecule has 122 valence electrons. The second-order valence-corrected chi connectivity index (χ2v) is 7.53. The van der Waals surface area contributed by atoms with Crippen LogP contribution in [0.5, 0.6) is 0 Å². The lowest BCUT2D eigenvalue weighted by molar-refractivity contribution is -0.899. The third-order valence-corrected chi connectivity index (χ3v) is 4.72. The number of amides is 1. The van der Waals surface area contributed by atoms with Crippen molar-refractivity contribution in [3.63, 3.8) is 0 Å². The predicted molar refractivity (Wildman–Crippen MR) is 91.6 cm³/mol. The fraction of sp³-hybridized carbons (Fsp3) is 0.188. The second-order valence-electron chi connectivity index (χ2n) is 4.98. The topological polar surface area (TPSA) is 33.5 Å². The van der Waals surface area contributed by atoms with Gasteiger partial charge in [-0.1, -0.05) is 6.58 Å². The monoisotopic (exact) mass is 401 g/mol. The van der Waals surface area contributed by atoms with E-state index >= 15 is 0 Å². The van der Waals surface area contributed by atoms with Crippen LogP contribution in [0, 0.1) is 11.6 Å². The molecule has 2 rings (SSSR count). The molecule has 0 radical (unpaired) electrons. The van der Waals surface area contributed by atoms with Crippen molar-refractivity contribution in [3.8, 4) is 0 Å². The van der Waals surface area contributed by atoms with Crippen molar-refractivity contribution >= 4 is 38.9 Å². The Labute approximate surface area is 145 Å². The zero-order chi connectivity index (χ0) is 16.8. The molecule has 0 fully saturated rings. The standard InChI is InChI=1S/C16H15BrF2N2OS/c1-2-7-21(9-12-4-6-15(17)23-12)10-16(22)20-11-3-5-13(18)14(19)8-11/h2-6,8H,1,7,9-10H2,(H,20,22)/p+1. The molecule has 1 heterocycles. The molecular weight excluding hydrogens is 386 g/mol. The summed E-state index contributed by atoms with van der Waals surface area (Å²) in [5.41, 5.74) is 0.241. The van der Waals surface area contributed by atoms with Gasteiger partial charge in [-0.15, -0.1) is 11.3 Å². The van der Waals surface area contributed by atoms with Gasteiger partial charge in [-0.3, -0.25) is 4.79 Å². The maximum atomic E-state index is 13.2. The number of carbonyl (C=O) groups is 1. The number of halogens is 3. The van der Waals surface area contributed by atoms with Crippen molar-refractivity contribution in [2.75, 3.05) is 18.4 Å². The predicted octanol–water partition coefficient (Wildman–Crippen LogP) is 3.00. The molecule has 23 heavy (non-hydrogen) atoms. The smallest absolute Gasteiger partial charge is 0.279 e. The highest BCUT2D eigenvalue weighted by Crippen LogP contribution is 2.21. The van der Waals surface area contributed by atoms with E-state index in [0.29, 0.717) is 13.1 Å². The molecule has 3 nitrogen and oxygen atoms in total. The van der Waals surface area contributed by atoms with Crippen LogP contribution in [0.4, 0.5) is 14.5 Å². The number of hydrogen-bond donors (Lipinski definition) is 2. The van der Waals surface area contributed by atoms with Crippen molar-refractivity contribution in [1.82, 2.24) is 0 Å². The number of nitrogens with one attached hydrogen (secondary N) is 2. The summed E-state index contributed by atoms with van der Waals surface area (Å²) in [5, 5.41) is 2.58. The molecule has 1 amide bonds. The van der Waals surface area contributed by atoms with Gasteiger partial charge in [0.05, 0.1) is 15.2 Å². The largest absolute Gasteiger partial charge is 0.321 e. The highest BCUT2D eigenvalue weighted by molar-refractivity contribution is 9.11. The van der Waals surface area contributed by atoms with Crippen LogP contribution in [0.1, 0.15) is 4.88 Å². The Morgan fingerprint density at radius 2 is 2.09 bits per heavy atom. The lowest BCUT2D eigenvalue weighted by Crippen LogP contribution is -3.11. The molecular formula is C16H16BrF2N2OS+. The number of anilines is 1. The lowest BCUT2D eigenvalue weighted by Gasteiger charge is -2.16.